The van der Waals surface area contributed by atoms with E-state index in [0.29, 0.717) is 0 Å². The van der Waals surface area contributed by atoms with Crippen molar-refractivity contribution in [1.82, 2.24) is 5.32 Å². The first-order chi connectivity index (χ1) is 12.5. The molecular formula is C22H28NOPS. The van der Waals surface area contributed by atoms with Crippen LogP contribution in [0.25, 0.3) is 0 Å². The molecule has 2 aliphatic rings. The van der Waals surface area contributed by atoms with Gasteiger partial charge in [-0.15, -0.1) is 11.8 Å². The van der Waals surface area contributed by atoms with Crippen molar-refractivity contribution in [2.24, 2.45) is 0 Å². The Kier molecular flexibility index (Phi) is 4.84. The normalized spacial score (nSPS) is 24.6. The number of nitrogens with one attached hydrogen (secondary N) is 1. The van der Waals surface area contributed by atoms with Gasteiger partial charge in [-0.2, -0.15) is 0 Å². The summed E-state index contributed by atoms with van der Waals surface area (Å²) in [5, 5.41) is 5.86. The van der Waals surface area contributed by atoms with Crippen LogP contribution in [0.3, 0.4) is 0 Å². The van der Waals surface area contributed by atoms with E-state index in [1.165, 1.54) is 32.1 Å². The van der Waals surface area contributed by atoms with Crippen LogP contribution in [0.2, 0.25) is 0 Å². The van der Waals surface area contributed by atoms with Gasteiger partial charge in [-0.05, 0) is 26.7 Å². The summed E-state index contributed by atoms with van der Waals surface area (Å²) in [6, 6.07) is 20.2. The van der Waals surface area contributed by atoms with Gasteiger partial charge in [0.2, 0.25) is 0 Å². The Bertz CT molecular complexity index is 756. The summed E-state index contributed by atoms with van der Waals surface area (Å²) in [4.78, 5) is 0.0889. The second-order valence-corrected chi connectivity index (χ2v) is 13.0. The third kappa shape index (κ3) is 3.09. The zero-order valence-electron chi connectivity index (χ0n) is 15.7. The molecule has 2 aromatic rings. The van der Waals surface area contributed by atoms with Gasteiger partial charge < -0.3 is 4.57 Å². The molecule has 0 aromatic heterocycles. The van der Waals surface area contributed by atoms with Crippen LogP contribution in [0.15, 0.2) is 60.7 Å². The summed E-state index contributed by atoms with van der Waals surface area (Å²) >= 11 is 2.03. The molecule has 1 heterocycles. The SMILES string of the molecule is CC1(C)SC2(CCCCC2)N[C@H]1P(=O)(c1ccccc1)c1ccccc1. The first kappa shape index (κ1) is 18.3. The largest absolute Gasteiger partial charge is 0.312 e. The second-order valence-electron chi connectivity index (χ2n) is 8.14. The maximum Gasteiger partial charge on any atom is 0.160 e. The highest BCUT2D eigenvalue weighted by Crippen LogP contribution is 2.62. The molecule has 2 fully saturated rings. The molecule has 1 atom stereocenters. The van der Waals surface area contributed by atoms with Crippen molar-refractivity contribution in [3.8, 4) is 0 Å². The number of rotatable bonds is 3. The van der Waals surface area contributed by atoms with E-state index in [2.05, 4.69) is 19.2 Å². The maximum atomic E-state index is 14.8. The van der Waals surface area contributed by atoms with Crippen LogP contribution in [-0.4, -0.2) is 15.4 Å². The highest BCUT2D eigenvalue weighted by Gasteiger charge is 2.57. The van der Waals surface area contributed by atoms with E-state index in [4.69, 9.17) is 0 Å². The minimum atomic E-state index is -2.82. The molecule has 0 unspecified atom stereocenters. The zero-order valence-corrected chi connectivity index (χ0v) is 17.4. The fourth-order valence-corrected chi connectivity index (χ4v) is 10.6. The van der Waals surface area contributed by atoms with E-state index in [9.17, 15) is 4.57 Å². The van der Waals surface area contributed by atoms with E-state index >= 15 is 0 Å². The Balaban J connectivity index is 1.83. The van der Waals surface area contributed by atoms with Crippen LogP contribution in [0, 0.1) is 0 Å². The van der Waals surface area contributed by atoms with Gasteiger partial charge in [-0.1, -0.05) is 79.9 Å². The molecule has 1 N–H and O–H groups in total. The van der Waals surface area contributed by atoms with Crippen molar-refractivity contribution in [3.63, 3.8) is 0 Å². The molecule has 2 aromatic carbocycles. The fourth-order valence-electron chi connectivity index (χ4n) is 4.66. The molecule has 4 rings (SSSR count). The van der Waals surface area contributed by atoms with Crippen LogP contribution >= 0.6 is 18.9 Å². The van der Waals surface area contributed by atoms with E-state index in [1.807, 2.05) is 72.4 Å². The van der Waals surface area contributed by atoms with Gasteiger partial charge in [0.1, 0.15) is 0 Å². The average Bonchev–Trinajstić information content (AvgIpc) is 2.93. The molecule has 1 aliphatic carbocycles. The molecule has 1 saturated heterocycles. The van der Waals surface area contributed by atoms with Gasteiger partial charge in [0.25, 0.3) is 0 Å². The van der Waals surface area contributed by atoms with E-state index in [-0.39, 0.29) is 15.4 Å². The Morgan fingerprint density at radius 2 is 1.38 bits per heavy atom. The van der Waals surface area contributed by atoms with Crippen molar-refractivity contribution in [2.45, 2.75) is 61.4 Å². The minimum Gasteiger partial charge on any atom is -0.312 e. The van der Waals surface area contributed by atoms with E-state index in [1.54, 1.807) is 0 Å². The quantitative estimate of drug-likeness (QED) is 0.745. The summed E-state index contributed by atoms with van der Waals surface area (Å²) in [7, 11) is -2.82. The fraction of sp³-hybridized carbons (Fsp3) is 0.455. The lowest BCUT2D eigenvalue weighted by Crippen LogP contribution is -2.48. The van der Waals surface area contributed by atoms with Crippen LogP contribution in [-0.2, 0) is 4.57 Å². The number of hydrogen-bond donors (Lipinski definition) is 1. The van der Waals surface area contributed by atoms with E-state index < -0.39 is 7.14 Å². The molecule has 1 spiro atoms. The van der Waals surface area contributed by atoms with E-state index in [0.717, 1.165) is 10.6 Å². The van der Waals surface area contributed by atoms with Gasteiger partial charge in [-0.3, -0.25) is 5.32 Å². The molecule has 1 aliphatic heterocycles. The van der Waals surface area contributed by atoms with Crippen molar-refractivity contribution in [2.75, 3.05) is 0 Å². The summed E-state index contributed by atoms with van der Waals surface area (Å²) in [6.07, 6.45) is 6.22. The van der Waals surface area contributed by atoms with Crippen molar-refractivity contribution in [3.05, 3.63) is 60.7 Å². The lowest BCUT2D eigenvalue weighted by molar-refractivity contribution is 0.340. The summed E-state index contributed by atoms with van der Waals surface area (Å²) in [6.45, 7) is 4.55. The number of hydrogen-bond acceptors (Lipinski definition) is 3. The molecule has 0 bridgehead atoms. The number of thioether (sulfide) groups is 1. The van der Waals surface area contributed by atoms with Crippen LogP contribution in [0.1, 0.15) is 46.0 Å². The highest BCUT2D eigenvalue weighted by atomic mass is 32.2. The molecule has 0 amide bonds. The topological polar surface area (TPSA) is 29.1 Å². The molecule has 2 nitrogen and oxygen atoms in total. The minimum absolute atomic E-state index is 0.0529. The Morgan fingerprint density at radius 1 is 0.885 bits per heavy atom. The molecule has 1 saturated carbocycles. The van der Waals surface area contributed by atoms with Crippen LogP contribution in [0.4, 0.5) is 0 Å². The molecule has 26 heavy (non-hydrogen) atoms. The van der Waals surface area contributed by atoms with Gasteiger partial charge in [-0.25, -0.2) is 0 Å². The maximum absolute atomic E-state index is 14.8. The summed E-state index contributed by atoms with van der Waals surface area (Å²) < 4.78 is 14.7. The average molecular weight is 386 g/mol. The van der Waals surface area contributed by atoms with Gasteiger partial charge in [0, 0.05) is 15.4 Å². The molecule has 138 valence electrons. The molecule has 4 heteroatoms. The summed E-state index contributed by atoms with van der Waals surface area (Å²) in [5.41, 5.74) is 0. The van der Waals surface area contributed by atoms with Crippen molar-refractivity contribution >= 4 is 29.5 Å². The predicted octanol–water partition coefficient (Wildman–Crippen LogP) is 5.10. The highest BCUT2D eigenvalue weighted by molar-refractivity contribution is 8.03. The Morgan fingerprint density at radius 3 is 1.88 bits per heavy atom. The van der Waals surface area contributed by atoms with Crippen molar-refractivity contribution in [1.29, 1.82) is 0 Å². The lowest BCUT2D eigenvalue weighted by atomic mass is 9.94. The van der Waals surface area contributed by atoms with Gasteiger partial charge >= 0.3 is 0 Å². The number of benzene rings is 2. The monoisotopic (exact) mass is 385 g/mol. The Labute approximate surface area is 161 Å². The standard InChI is InChI=1S/C22H28NOPS/c1-21(2)20(23-22(26-21)16-10-5-11-17-22)25(24,18-12-6-3-7-13-18)19-14-8-4-9-15-19/h3-4,6-9,12-15,20,23H,5,10-11,16-17H2,1-2H3/t20-/m0/s1. The molecule has 0 radical (unpaired) electrons. The summed E-state index contributed by atoms with van der Waals surface area (Å²) in [5.74, 6) is -0.0529. The third-order valence-corrected chi connectivity index (χ3v) is 11.3. The van der Waals surface area contributed by atoms with Crippen LogP contribution in [0.5, 0.6) is 0 Å². The first-order valence-electron chi connectivity index (χ1n) is 9.65. The second kappa shape index (κ2) is 6.86. The molecular weight excluding hydrogens is 357 g/mol. The van der Waals surface area contributed by atoms with Crippen molar-refractivity contribution < 1.29 is 4.57 Å². The Hall–Kier alpha value is -1.02. The smallest absolute Gasteiger partial charge is 0.160 e. The zero-order chi connectivity index (χ0) is 18.3. The lowest BCUT2D eigenvalue weighted by Gasteiger charge is -2.35. The first-order valence-corrected chi connectivity index (χ1v) is 12.2. The third-order valence-electron chi connectivity index (χ3n) is 5.82. The van der Waals surface area contributed by atoms with Gasteiger partial charge in [0.05, 0.1) is 10.7 Å². The predicted molar refractivity (Wildman–Crippen MR) is 114 cm³/mol. The van der Waals surface area contributed by atoms with Crippen LogP contribution < -0.4 is 15.9 Å². The van der Waals surface area contributed by atoms with Gasteiger partial charge in [0.15, 0.2) is 7.14 Å².